The fourth-order valence-electron chi connectivity index (χ4n) is 0.214. The van der Waals surface area contributed by atoms with Crippen molar-refractivity contribution in [3.05, 3.63) is 0 Å². The molecule has 0 fully saturated rings. The summed E-state index contributed by atoms with van der Waals surface area (Å²) in [4.78, 5) is 0. The summed E-state index contributed by atoms with van der Waals surface area (Å²) in [6.07, 6.45) is 0. The molecule has 0 unspecified atom stereocenters. The normalized spacial score (nSPS) is 8.50. The van der Waals surface area contributed by atoms with Gasteiger partial charge in [0.1, 0.15) is 0 Å². The molecule has 4 heteroatoms. The van der Waals surface area contributed by atoms with Crippen molar-refractivity contribution in [2.75, 3.05) is 0 Å². The topological polar surface area (TPSA) is 40.5 Å². The third-order valence-corrected chi connectivity index (χ3v) is 8.05. The molecule has 0 spiro atoms. The van der Waals surface area contributed by atoms with Crippen molar-refractivity contribution in [3.63, 3.8) is 0 Å². The SMILES string of the molecule is CC(O)=[Se](=[Se])=C(C)O. The van der Waals surface area contributed by atoms with Crippen molar-refractivity contribution in [1.82, 2.24) is 0 Å². The zero-order chi connectivity index (χ0) is 6.73. The first kappa shape index (κ1) is 8.70. The molecule has 0 heterocycles. The third-order valence-electron chi connectivity index (χ3n) is 0.537. The van der Waals surface area contributed by atoms with E-state index in [0.717, 1.165) is 0 Å². The Morgan fingerprint density at radius 3 is 1.50 bits per heavy atom. The van der Waals surface area contributed by atoms with Crippen LogP contribution in [-0.4, -0.2) is 43.7 Å². The summed E-state index contributed by atoms with van der Waals surface area (Å²) in [5.74, 6) is 0. The van der Waals surface area contributed by atoms with Crippen LogP contribution < -0.4 is 0 Å². The quantitative estimate of drug-likeness (QED) is 0.558. The van der Waals surface area contributed by atoms with Crippen molar-refractivity contribution in [3.8, 4) is 0 Å². The first-order chi connectivity index (χ1) is 3.55. The minimum atomic E-state index is -1.41. The van der Waals surface area contributed by atoms with Gasteiger partial charge in [-0.15, -0.1) is 0 Å². The molecular formula is C4H8O2Se2. The van der Waals surface area contributed by atoms with Gasteiger partial charge in [-0.1, -0.05) is 0 Å². The van der Waals surface area contributed by atoms with E-state index in [1.54, 1.807) is 13.8 Å². The van der Waals surface area contributed by atoms with Crippen LogP contribution in [0.3, 0.4) is 0 Å². The Labute approximate surface area is 57.8 Å². The zero-order valence-corrected chi connectivity index (χ0v) is 8.14. The molecule has 0 aliphatic rings. The van der Waals surface area contributed by atoms with Crippen LogP contribution in [0.25, 0.3) is 0 Å². The summed E-state index contributed by atoms with van der Waals surface area (Å²) in [7, 11) is -1.41. The van der Waals surface area contributed by atoms with Crippen LogP contribution >= 0.6 is 0 Å². The second-order valence-corrected chi connectivity index (χ2v) is 8.55. The summed E-state index contributed by atoms with van der Waals surface area (Å²) in [6.45, 7) is 3.20. The van der Waals surface area contributed by atoms with Crippen molar-refractivity contribution < 1.29 is 10.2 Å². The fourth-order valence-corrected chi connectivity index (χ4v) is 1.11. The number of hydrogen-bond acceptors (Lipinski definition) is 2. The summed E-state index contributed by atoms with van der Waals surface area (Å²) in [6, 6.07) is 0. The zero-order valence-electron chi connectivity index (χ0n) is 4.71. The van der Waals surface area contributed by atoms with Crippen molar-refractivity contribution >= 4 is 33.5 Å². The molecule has 0 amide bonds. The minimum absolute atomic E-state index is 0.324. The Hall–Kier alpha value is 0.699. The molecule has 0 aliphatic carbocycles. The second-order valence-electron chi connectivity index (χ2n) is 1.31. The van der Waals surface area contributed by atoms with E-state index in [2.05, 4.69) is 13.7 Å². The summed E-state index contributed by atoms with van der Waals surface area (Å²) < 4.78 is 0.648. The average molecular weight is 246 g/mol. The Morgan fingerprint density at radius 2 is 1.50 bits per heavy atom. The van der Waals surface area contributed by atoms with Crippen LogP contribution in [0.5, 0.6) is 0 Å². The average Bonchev–Trinajstić information content (AvgIpc) is 1.64. The Kier molecular flexibility index (Phi) is 3.99. The number of hydrogen-bond donors (Lipinski definition) is 2. The molecule has 0 bridgehead atoms. The molecule has 2 nitrogen and oxygen atoms in total. The van der Waals surface area contributed by atoms with Crippen LogP contribution in [0, 0.1) is 0 Å². The van der Waals surface area contributed by atoms with E-state index in [0.29, 0.717) is 9.21 Å². The van der Waals surface area contributed by atoms with E-state index < -0.39 is 10.7 Å². The van der Waals surface area contributed by atoms with Gasteiger partial charge in [0.25, 0.3) is 0 Å². The third kappa shape index (κ3) is 2.88. The number of aliphatic hydroxyl groups excluding tert-OH is 2. The maximum absolute atomic E-state index is 8.75. The van der Waals surface area contributed by atoms with Gasteiger partial charge >= 0.3 is 57.6 Å². The van der Waals surface area contributed by atoms with Crippen LogP contribution in [-0.2, 0) is 0 Å². The summed E-state index contributed by atoms with van der Waals surface area (Å²) in [5.41, 5.74) is 0. The molecule has 0 radical (unpaired) electrons. The van der Waals surface area contributed by atoms with Gasteiger partial charge in [0.05, 0.1) is 0 Å². The number of rotatable bonds is 0. The maximum atomic E-state index is 8.75. The van der Waals surface area contributed by atoms with Crippen LogP contribution in [0.15, 0.2) is 0 Å². The van der Waals surface area contributed by atoms with Crippen LogP contribution in [0.1, 0.15) is 13.8 Å². The first-order valence-electron chi connectivity index (χ1n) is 2.02. The van der Waals surface area contributed by atoms with Gasteiger partial charge in [0, 0.05) is 0 Å². The molecule has 0 aromatic carbocycles. The van der Waals surface area contributed by atoms with Gasteiger partial charge < -0.3 is 0 Å². The molecule has 0 aromatic rings. The van der Waals surface area contributed by atoms with Gasteiger partial charge in [-0.2, -0.15) is 0 Å². The Bertz CT molecular complexity index is 184. The van der Waals surface area contributed by atoms with Crippen molar-refractivity contribution in [2.24, 2.45) is 0 Å². The van der Waals surface area contributed by atoms with Gasteiger partial charge in [-0.3, -0.25) is 0 Å². The van der Waals surface area contributed by atoms with Gasteiger partial charge in [-0.25, -0.2) is 0 Å². The second kappa shape index (κ2) is 3.67. The Balaban J connectivity index is 5.06. The summed E-state index contributed by atoms with van der Waals surface area (Å²) in [5, 5.41) is 17.5. The molecule has 0 saturated carbocycles. The molecule has 0 atom stereocenters. The first-order valence-corrected chi connectivity index (χ1v) is 8.07. The molecule has 48 valence electrons. The van der Waals surface area contributed by atoms with Gasteiger partial charge in [0.15, 0.2) is 0 Å². The van der Waals surface area contributed by atoms with E-state index in [4.69, 9.17) is 10.2 Å². The molecule has 0 aromatic heterocycles. The predicted molar refractivity (Wildman–Crippen MR) is 36.7 cm³/mol. The fraction of sp³-hybridized carbons (Fsp3) is 0.500. The number of aliphatic hydroxyl groups is 2. The standard InChI is InChI=1S/C4H8O2Se2/c1-3(5)8(7)4(2)6/h5-6H,1-2H3. The van der Waals surface area contributed by atoms with E-state index in [-0.39, 0.29) is 0 Å². The molecular weight excluding hydrogens is 238 g/mol. The van der Waals surface area contributed by atoms with Crippen LogP contribution in [0.2, 0.25) is 0 Å². The van der Waals surface area contributed by atoms with Crippen LogP contribution in [0.4, 0.5) is 0 Å². The molecule has 2 N–H and O–H groups in total. The summed E-state index contributed by atoms with van der Waals surface area (Å²) >= 11 is 2.73. The molecule has 8 heavy (non-hydrogen) atoms. The van der Waals surface area contributed by atoms with E-state index in [1.807, 2.05) is 0 Å². The van der Waals surface area contributed by atoms with E-state index in [1.165, 1.54) is 0 Å². The van der Waals surface area contributed by atoms with E-state index >= 15 is 0 Å². The molecule has 0 rings (SSSR count). The van der Waals surface area contributed by atoms with Gasteiger partial charge in [-0.05, 0) is 0 Å². The van der Waals surface area contributed by atoms with Crippen molar-refractivity contribution in [1.29, 1.82) is 0 Å². The molecule has 0 aliphatic heterocycles. The van der Waals surface area contributed by atoms with E-state index in [9.17, 15) is 0 Å². The van der Waals surface area contributed by atoms with Crippen molar-refractivity contribution in [2.45, 2.75) is 13.8 Å². The van der Waals surface area contributed by atoms with Gasteiger partial charge in [0.2, 0.25) is 0 Å². The molecule has 0 saturated heterocycles. The monoisotopic (exact) mass is 248 g/mol. The Morgan fingerprint density at radius 1 is 1.25 bits per heavy atom. The predicted octanol–water partition coefficient (Wildman–Crippen LogP) is -0.646.